The number of ether oxygens (including phenoxy) is 3. The Labute approximate surface area is 259 Å². The van der Waals surface area contributed by atoms with E-state index in [1.807, 2.05) is 66.7 Å². The molecule has 0 fully saturated rings. The zero-order valence-electron chi connectivity index (χ0n) is 24.1. The summed E-state index contributed by atoms with van der Waals surface area (Å²) >= 11 is 3.61. The normalized spacial score (nSPS) is 17.8. The summed E-state index contributed by atoms with van der Waals surface area (Å²) in [5, 5.41) is 3.59. The summed E-state index contributed by atoms with van der Waals surface area (Å²) in [4.78, 5) is 30.8. The Morgan fingerprint density at radius 3 is 2.16 bits per heavy atom. The molecule has 0 radical (unpaired) electrons. The molecule has 0 spiro atoms. The van der Waals surface area contributed by atoms with Gasteiger partial charge in [-0.15, -0.1) is 0 Å². The van der Waals surface area contributed by atoms with E-state index in [0.717, 1.165) is 27.0 Å². The van der Waals surface area contributed by atoms with Crippen molar-refractivity contribution < 1.29 is 23.8 Å². The number of hydrogen-bond donors (Lipinski definition) is 1. The lowest BCUT2D eigenvalue weighted by molar-refractivity contribution is -0.116. The fourth-order valence-corrected chi connectivity index (χ4v) is 6.53. The maximum Gasteiger partial charge on any atom is 0.259 e. The van der Waals surface area contributed by atoms with E-state index < -0.39 is 6.04 Å². The quantitative estimate of drug-likeness (QED) is 0.233. The van der Waals surface area contributed by atoms with E-state index in [2.05, 4.69) is 33.4 Å². The van der Waals surface area contributed by atoms with Crippen LogP contribution in [0.3, 0.4) is 0 Å². The zero-order chi connectivity index (χ0) is 30.1. The minimum absolute atomic E-state index is 0.00285. The van der Waals surface area contributed by atoms with Gasteiger partial charge < -0.3 is 19.5 Å². The van der Waals surface area contributed by atoms with Gasteiger partial charge in [-0.3, -0.25) is 14.5 Å². The van der Waals surface area contributed by atoms with Crippen LogP contribution in [0, 0.1) is 0 Å². The van der Waals surface area contributed by atoms with Crippen LogP contribution in [0.25, 0.3) is 0 Å². The molecule has 0 bridgehead atoms. The van der Waals surface area contributed by atoms with Gasteiger partial charge >= 0.3 is 0 Å². The van der Waals surface area contributed by atoms with Gasteiger partial charge in [0.15, 0.2) is 17.3 Å². The molecule has 4 aromatic carbocycles. The monoisotopic (exact) mass is 638 g/mol. The molecule has 7 nitrogen and oxygen atoms in total. The van der Waals surface area contributed by atoms with Crippen molar-refractivity contribution in [2.24, 2.45) is 0 Å². The number of rotatable bonds is 6. The van der Waals surface area contributed by atoms with Gasteiger partial charge in [0.25, 0.3) is 5.91 Å². The van der Waals surface area contributed by atoms with Crippen LogP contribution in [0.4, 0.5) is 11.4 Å². The molecule has 218 valence electrons. The van der Waals surface area contributed by atoms with Crippen LogP contribution in [0.5, 0.6) is 17.2 Å². The molecular formula is C35H31BrN2O5. The van der Waals surface area contributed by atoms with Crippen LogP contribution in [0.2, 0.25) is 0 Å². The van der Waals surface area contributed by atoms with Gasteiger partial charge in [0.1, 0.15) is 0 Å². The van der Waals surface area contributed by atoms with Crippen molar-refractivity contribution in [2.45, 2.75) is 24.8 Å². The molecule has 1 aliphatic heterocycles. The number of methoxy groups -OCH3 is 3. The molecular weight excluding hydrogens is 608 g/mol. The van der Waals surface area contributed by atoms with E-state index in [4.69, 9.17) is 14.2 Å². The number of fused-ring (bicyclic) bond motifs is 1. The summed E-state index contributed by atoms with van der Waals surface area (Å²) in [7, 11) is 4.55. The Hall–Kier alpha value is -4.56. The first-order chi connectivity index (χ1) is 20.9. The number of carbonyl (C=O) groups excluding carboxylic acids is 2. The maximum absolute atomic E-state index is 14.8. The molecule has 1 aliphatic carbocycles. The van der Waals surface area contributed by atoms with E-state index >= 15 is 0 Å². The molecule has 1 amide bonds. The first-order valence-electron chi connectivity index (χ1n) is 14.0. The third-order valence-corrected chi connectivity index (χ3v) is 8.55. The minimum Gasteiger partial charge on any atom is -0.493 e. The van der Waals surface area contributed by atoms with Gasteiger partial charge in [-0.25, -0.2) is 0 Å². The number of Topliss-reactive ketones (excluding diaryl/α,β-unsaturated/α-hetero) is 1. The molecule has 0 saturated carbocycles. The Morgan fingerprint density at radius 2 is 1.49 bits per heavy atom. The van der Waals surface area contributed by atoms with E-state index in [1.165, 1.54) is 21.3 Å². The van der Waals surface area contributed by atoms with Gasteiger partial charge in [0.2, 0.25) is 5.75 Å². The lowest BCUT2D eigenvalue weighted by Gasteiger charge is -2.35. The number of amides is 1. The van der Waals surface area contributed by atoms with Crippen molar-refractivity contribution in [1.29, 1.82) is 0 Å². The number of ketones is 1. The lowest BCUT2D eigenvalue weighted by atomic mass is 9.78. The molecule has 0 aromatic heterocycles. The van der Waals surface area contributed by atoms with Crippen molar-refractivity contribution in [3.63, 3.8) is 0 Å². The molecule has 1 N–H and O–H groups in total. The van der Waals surface area contributed by atoms with Crippen LogP contribution < -0.4 is 24.4 Å². The summed E-state index contributed by atoms with van der Waals surface area (Å²) in [5.74, 6) is 0.831. The van der Waals surface area contributed by atoms with E-state index in [0.29, 0.717) is 46.9 Å². The smallest absolute Gasteiger partial charge is 0.259 e. The van der Waals surface area contributed by atoms with Crippen LogP contribution >= 0.6 is 15.9 Å². The molecule has 43 heavy (non-hydrogen) atoms. The van der Waals surface area contributed by atoms with Crippen molar-refractivity contribution in [3.8, 4) is 17.2 Å². The number of allylic oxidation sites excluding steroid dienone is 1. The van der Waals surface area contributed by atoms with Crippen molar-refractivity contribution in [1.82, 2.24) is 0 Å². The highest BCUT2D eigenvalue weighted by molar-refractivity contribution is 9.10. The summed E-state index contributed by atoms with van der Waals surface area (Å²) in [5.41, 5.74) is 5.07. The average Bonchev–Trinajstić information content (AvgIpc) is 3.18. The predicted molar refractivity (Wildman–Crippen MR) is 170 cm³/mol. The van der Waals surface area contributed by atoms with Crippen LogP contribution in [0.15, 0.2) is 107 Å². The van der Waals surface area contributed by atoms with Gasteiger partial charge in [-0.05, 0) is 59.9 Å². The number of para-hydroxylation sites is 2. The van der Waals surface area contributed by atoms with Crippen LogP contribution in [0.1, 0.15) is 46.3 Å². The Bertz CT molecular complexity index is 1710. The maximum atomic E-state index is 14.8. The standard InChI is InChI=1S/C35H31BrN2O5/c1-41-30-19-24(20-31(42-2)34(30)43-3)35(40)38-28-15-8-7-14-26(28)37-27-17-23(21-10-5-4-6-11-21)18-29(39)32(27)33(38)22-12-9-13-25(36)16-22/h4-16,19-20,23,33,37H,17-18H2,1-3H3/t23-,33-/m1/s1. The van der Waals surface area contributed by atoms with Crippen LogP contribution in [-0.4, -0.2) is 33.0 Å². The zero-order valence-corrected chi connectivity index (χ0v) is 25.7. The number of hydrogen-bond acceptors (Lipinski definition) is 6. The van der Waals surface area contributed by atoms with Gasteiger partial charge in [-0.2, -0.15) is 0 Å². The number of anilines is 2. The first-order valence-corrected chi connectivity index (χ1v) is 14.8. The molecule has 0 saturated heterocycles. The summed E-state index contributed by atoms with van der Waals surface area (Å²) in [6.45, 7) is 0. The molecule has 6 rings (SSSR count). The Balaban J connectivity index is 1.58. The fraction of sp³-hybridized carbons (Fsp3) is 0.200. The van der Waals surface area contributed by atoms with Crippen molar-refractivity contribution >= 4 is 39.0 Å². The molecule has 1 heterocycles. The summed E-state index contributed by atoms with van der Waals surface area (Å²) < 4.78 is 17.5. The van der Waals surface area contributed by atoms with E-state index in [9.17, 15) is 9.59 Å². The number of halogens is 1. The van der Waals surface area contributed by atoms with Gasteiger partial charge in [-0.1, -0.05) is 70.5 Å². The summed E-state index contributed by atoms with van der Waals surface area (Å²) in [6, 6.07) is 28.2. The average molecular weight is 640 g/mol. The Morgan fingerprint density at radius 1 is 0.814 bits per heavy atom. The predicted octanol–water partition coefficient (Wildman–Crippen LogP) is 7.69. The highest BCUT2D eigenvalue weighted by Gasteiger charge is 2.42. The van der Waals surface area contributed by atoms with E-state index in [1.54, 1.807) is 17.0 Å². The van der Waals surface area contributed by atoms with Gasteiger partial charge in [0, 0.05) is 27.7 Å². The van der Waals surface area contributed by atoms with Gasteiger partial charge in [0.05, 0.1) is 38.7 Å². The third-order valence-electron chi connectivity index (χ3n) is 8.05. The molecule has 2 atom stereocenters. The first kappa shape index (κ1) is 28.6. The topological polar surface area (TPSA) is 77.1 Å². The largest absolute Gasteiger partial charge is 0.493 e. The Kier molecular flexibility index (Phi) is 7.95. The van der Waals surface area contributed by atoms with Crippen molar-refractivity contribution in [3.05, 3.63) is 123 Å². The molecule has 2 aliphatic rings. The second-order valence-electron chi connectivity index (χ2n) is 10.5. The highest BCUT2D eigenvalue weighted by Crippen LogP contribution is 2.49. The minimum atomic E-state index is -0.695. The summed E-state index contributed by atoms with van der Waals surface area (Å²) in [6.07, 6.45) is 0.980. The molecule has 8 heteroatoms. The number of nitrogens with zero attached hydrogens (tertiary/aromatic N) is 1. The molecule has 4 aromatic rings. The second kappa shape index (κ2) is 12.0. The third kappa shape index (κ3) is 5.27. The number of benzene rings is 4. The van der Waals surface area contributed by atoms with Crippen LogP contribution in [-0.2, 0) is 4.79 Å². The molecule has 0 unspecified atom stereocenters. The highest BCUT2D eigenvalue weighted by atomic mass is 79.9. The lowest BCUT2D eigenvalue weighted by Crippen LogP contribution is -2.38. The second-order valence-corrected chi connectivity index (χ2v) is 11.4. The van der Waals surface area contributed by atoms with E-state index in [-0.39, 0.29) is 17.6 Å². The SMILES string of the molecule is COc1cc(C(=O)N2c3ccccc3NC3=C(C(=O)C[C@H](c4ccccc4)C3)[C@H]2c2cccc(Br)c2)cc(OC)c1OC. The fourth-order valence-electron chi connectivity index (χ4n) is 6.11. The number of nitrogens with one attached hydrogen (secondary N) is 1. The van der Waals surface area contributed by atoms with Crippen molar-refractivity contribution in [2.75, 3.05) is 31.5 Å². The number of carbonyl (C=O) groups is 2.